The third kappa shape index (κ3) is 4.54. The van der Waals surface area contributed by atoms with Crippen LogP contribution in [-0.2, 0) is 10.0 Å². The van der Waals surface area contributed by atoms with Gasteiger partial charge in [0.25, 0.3) is 0 Å². The normalized spacial score (nSPS) is 19.4. The number of fused-ring (bicyclic) bond motifs is 1. The maximum atomic E-state index is 11.9. The van der Waals surface area contributed by atoms with Gasteiger partial charge < -0.3 is 9.64 Å². The Morgan fingerprint density at radius 3 is 2.53 bits per heavy atom. The summed E-state index contributed by atoms with van der Waals surface area (Å²) in [5.41, 5.74) is 3.43. The summed E-state index contributed by atoms with van der Waals surface area (Å²) in [7, 11) is -3.35. The zero-order valence-corrected chi connectivity index (χ0v) is 19.6. The highest BCUT2D eigenvalue weighted by molar-refractivity contribution is 7.92. The van der Waals surface area contributed by atoms with Crippen LogP contribution < -0.4 is 14.4 Å². The van der Waals surface area contributed by atoms with E-state index in [4.69, 9.17) is 4.74 Å². The molecule has 1 aliphatic heterocycles. The zero-order chi connectivity index (χ0) is 23.7. The van der Waals surface area contributed by atoms with Crippen LogP contribution in [0.2, 0.25) is 0 Å². The van der Waals surface area contributed by atoms with Crippen molar-refractivity contribution in [2.45, 2.75) is 31.7 Å². The smallest absolute Gasteiger partial charge is 0.321 e. The largest absolute Gasteiger partial charge is 0.424 e. The number of anilines is 2. The first kappa shape index (κ1) is 22.2. The number of benzene rings is 2. The predicted octanol–water partition coefficient (Wildman–Crippen LogP) is 4.61. The lowest BCUT2D eigenvalue weighted by Gasteiger charge is -2.29. The van der Waals surface area contributed by atoms with Crippen LogP contribution in [-0.4, -0.2) is 30.7 Å². The van der Waals surface area contributed by atoms with Crippen molar-refractivity contribution < 1.29 is 13.2 Å². The molecule has 5 rings (SSSR count). The minimum absolute atomic E-state index is 0.0107. The third-order valence-corrected chi connectivity index (χ3v) is 7.55. The Morgan fingerprint density at radius 1 is 1.15 bits per heavy atom. The van der Waals surface area contributed by atoms with Crippen molar-refractivity contribution in [3.63, 3.8) is 0 Å². The van der Waals surface area contributed by atoms with E-state index in [-0.39, 0.29) is 23.7 Å². The lowest BCUT2D eigenvalue weighted by atomic mass is 9.91. The lowest BCUT2D eigenvalue weighted by molar-refractivity contribution is 0.441. The molecule has 1 aliphatic carbocycles. The summed E-state index contributed by atoms with van der Waals surface area (Å²) in [5, 5.41) is 10.1. The van der Waals surface area contributed by atoms with E-state index in [2.05, 4.69) is 25.7 Å². The molecule has 2 aliphatic rings. The number of aromatic nitrogens is 2. The van der Waals surface area contributed by atoms with Gasteiger partial charge in [-0.1, -0.05) is 18.2 Å². The Balaban J connectivity index is 1.48. The van der Waals surface area contributed by atoms with Crippen LogP contribution in [0.25, 0.3) is 0 Å². The number of nitrogens with one attached hydrogen (secondary N) is 1. The molecular formula is C25H25N5O3S. The molecule has 8 nitrogen and oxygen atoms in total. The van der Waals surface area contributed by atoms with E-state index in [1.807, 2.05) is 30.3 Å². The minimum atomic E-state index is -3.35. The number of hydrogen-bond acceptors (Lipinski definition) is 7. The molecule has 2 heterocycles. The second kappa shape index (κ2) is 8.95. The molecule has 9 heteroatoms. The van der Waals surface area contributed by atoms with Crippen LogP contribution in [0.3, 0.4) is 0 Å². The molecule has 1 N–H and O–H groups in total. The van der Waals surface area contributed by atoms with E-state index in [0.717, 1.165) is 23.4 Å². The average molecular weight is 476 g/mol. The van der Waals surface area contributed by atoms with Crippen molar-refractivity contribution in [1.29, 1.82) is 5.26 Å². The van der Waals surface area contributed by atoms with Gasteiger partial charge in [0.15, 0.2) is 0 Å². The molecule has 0 bridgehead atoms. The third-order valence-electron chi connectivity index (χ3n) is 6.25. The van der Waals surface area contributed by atoms with Crippen molar-refractivity contribution in [2.24, 2.45) is 5.92 Å². The molecule has 0 radical (unpaired) electrons. The first-order valence-electron chi connectivity index (χ1n) is 11.3. The summed E-state index contributed by atoms with van der Waals surface area (Å²) in [5.74, 6) is 0.878. The number of sulfonamides is 1. The van der Waals surface area contributed by atoms with E-state index in [1.165, 1.54) is 12.8 Å². The highest BCUT2D eigenvalue weighted by atomic mass is 32.2. The molecule has 1 fully saturated rings. The maximum absolute atomic E-state index is 11.9. The van der Waals surface area contributed by atoms with Crippen molar-refractivity contribution in [3.8, 4) is 17.8 Å². The van der Waals surface area contributed by atoms with Crippen molar-refractivity contribution in [2.75, 3.05) is 21.9 Å². The fraction of sp³-hybridized carbons (Fsp3) is 0.320. The van der Waals surface area contributed by atoms with Gasteiger partial charge in [0, 0.05) is 36.4 Å². The average Bonchev–Trinajstić information content (AvgIpc) is 3.62. The van der Waals surface area contributed by atoms with Gasteiger partial charge in [0.2, 0.25) is 10.0 Å². The Bertz CT molecular complexity index is 1320. The Hall–Kier alpha value is -3.64. The Morgan fingerprint density at radius 2 is 1.88 bits per heavy atom. The van der Waals surface area contributed by atoms with Gasteiger partial charge in [-0.3, -0.25) is 4.72 Å². The molecule has 1 saturated carbocycles. The number of nitrogens with zero attached hydrogens (tertiary/aromatic N) is 4. The van der Waals surface area contributed by atoms with E-state index in [0.29, 0.717) is 17.4 Å². The number of nitriles is 1. The predicted molar refractivity (Wildman–Crippen MR) is 129 cm³/mol. The van der Waals surface area contributed by atoms with Gasteiger partial charge in [0.05, 0.1) is 23.8 Å². The molecular weight excluding hydrogens is 450 g/mol. The minimum Gasteiger partial charge on any atom is -0.424 e. The fourth-order valence-corrected chi connectivity index (χ4v) is 4.98. The Kier molecular flexibility index (Phi) is 5.84. The first-order valence-corrected chi connectivity index (χ1v) is 13.0. The van der Waals surface area contributed by atoms with Gasteiger partial charge in [-0.2, -0.15) is 5.26 Å². The molecule has 174 valence electrons. The summed E-state index contributed by atoms with van der Waals surface area (Å²) in [6.45, 7) is 2.45. The van der Waals surface area contributed by atoms with E-state index in [1.54, 1.807) is 37.5 Å². The van der Waals surface area contributed by atoms with Crippen LogP contribution in [0, 0.1) is 17.2 Å². The van der Waals surface area contributed by atoms with Gasteiger partial charge in [0.1, 0.15) is 5.75 Å². The van der Waals surface area contributed by atoms with Crippen molar-refractivity contribution in [1.82, 2.24) is 9.97 Å². The highest BCUT2D eigenvalue weighted by Gasteiger charge is 2.42. The molecule has 3 aromatic rings. The number of rotatable bonds is 8. The van der Waals surface area contributed by atoms with E-state index in [9.17, 15) is 13.7 Å². The van der Waals surface area contributed by atoms with Gasteiger partial charge in [-0.25, -0.2) is 18.4 Å². The molecule has 34 heavy (non-hydrogen) atoms. The molecule has 2 atom stereocenters. The molecule has 1 aromatic heterocycles. The fourth-order valence-electron chi connectivity index (χ4n) is 4.35. The second-order valence-electron chi connectivity index (χ2n) is 8.63. The van der Waals surface area contributed by atoms with E-state index < -0.39 is 10.0 Å². The van der Waals surface area contributed by atoms with E-state index >= 15 is 0 Å². The SMILES string of the molecule is CCS(=O)(=O)Nc1ccc(C2C(C#N)c3ccc(Oc4ncccn4)cc3N2CC2CC2)cc1. The molecule has 2 unspecified atom stereocenters. The van der Waals surface area contributed by atoms with Crippen LogP contribution in [0.15, 0.2) is 60.9 Å². The monoisotopic (exact) mass is 475 g/mol. The molecule has 0 spiro atoms. The van der Waals surface area contributed by atoms with Gasteiger partial charge in [-0.05, 0) is 61.1 Å². The molecule has 0 amide bonds. The summed E-state index contributed by atoms with van der Waals surface area (Å²) in [6, 6.07) is 17.4. The standard InChI is InChI=1S/C25H25N5O3S/c1-2-34(31,32)29-19-8-6-18(7-9-19)24-22(15-26)21-11-10-20(33-25-27-12-3-13-28-25)14-23(21)30(24)16-17-4-5-17/h3,6-14,17,22,24,29H,2,4-5,16H2,1H3. The molecule has 0 saturated heterocycles. The van der Waals surface area contributed by atoms with Crippen LogP contribution in [0.5, 0.6) is 11.8 Å². The van der Waals surface area contributed by atoms with Crippen LogP contribution in [0.1, 0.15) is 42.9 Å². The van der Waals surface area contributed by atoms with Crippen LogP contribution >= 0.6 is 0 Å². The summed E-state index contributed by atoms with van der Waals surface area (Å²) in [4.78, 5) is 10.6. The van der Waals surface area contributed by atoms with Crippen LogP contribution in [0.4, 0.5) is 11.4 Å². The highest BCUT2D eigenvalue weighted by Crippen LogP contribution is 2.51. The topological polar surface area (TPSA) is 108 Å². The quantitative estimate of drug-likeness (QED) is 0.507. The Labute approximate surface area is 199 Å². The zero-order valence-electron chi connectivity index (χ0n) is 18.8. The summed E-state index contributed by atoms with van der Waals surface area (Å²) < 4.78 is 32.3. The second-order valence-corrected chi connectivity index (χ2v) is 10.6. The van der Waals surface area contributed by atoms with Crippen molar-refractivity contribution >= 4 is 21.4 Å². The van der Waals surface area contributed by atoms with Gasteiger partial charge in [-0.15, -0.1) is 0 Å². The number of hydrogen-bond donors (Lipinski definition) is 1. The summed E-state index contributed by atoms with van der Waals surface area (Å²) >= 11 is 0. The lowest BCUT2D eigenvalue weighted by Crippen LogP contribution is -2.28. The number of ether oxygens (including phenoxy) is 1. The van der Waals surface area contributed by atoms with Gasteiger partial charge >= 0.3 is 6.01 Å². The molecule has 2 aromatic carbocycles. The maximum Gasteiger partial charge on any atom is 0.321 e. The van der Waals surface area contributed by atoms with Crippen molar-refractivity contribution in [3.05, 3.63) is 72.1 Å². The first-order chi connectivity index (χ1) is 16.5. The summed E-state index contributed by atoms with van der Waals surface area (Å²) in [6.07, 6.45) is 5.62.